The lowest BCUT2D eigenvalue weighted by Crippen LogP contribution is -2.71. The van der Waals surface area contributed by atoms with Crippen molar-refractivity contribution in [3.05, 3.63) is 27.1 Å². The van der Waals surface area contributed by atoms with Crippen LogP contribution in [0.25, 0.3) is 10.9 Å². The normalized spacial score (nSPS) is 28.3. The minimum absolute atomic E-state index is 0.171. The number of fused-ring (bicyclic) bond motifs is 1. The van der Waals surface area contributed by atoms with E-state index in [9.17, 15) is 22.8 Å². The maximum atomic E-state index is 14.2. The van der Waals surface area contributed by atoms with Crippen LogP contribution in [0.15, 0.2) is 15.8 Å². The van der Waals surface area contributed by atoms with Gasteiger partial charge in [-0.15, -0.1) is 11.8 Å². The van der Waals surface area contributed by atoms with Gasteiger partial charge in [0.15, 0.2) is 0 Å². The number of rotatable bonds is 3. The van der Waals surface area contributed by atoms with E-state index in [2.05, 4.69) is 9.88 Å². The van der Waals surface area contributed by atoms with Crippen LogP contribution in [0.4, 0.5) is 23.8 Å². The lowest BCUT2D eigenvalue weighted by atomic mass is 9.94. The number of benzene rings is 1. The number of morpholine rings is 1. The largest absolute Gasteiger partial charge is 0.444 e. The van der Waals surface area contributed by atoms with Gasteiger partial charge in [-0.3, -0.25) is 14.4 Å². The number of thioether (sulfide) groups is 1. The minimum Gasteiger partial charge on any atom is -0.444 e. The van der Waals surface area contributed by atoms with Gasteiger partial charge in [0.25, 0.3) is 0 Å². The predicted octanol–water partition coefficient (Wildman–Crippen LogP) is 4.63. The summed E-state index contributed by atoms with van der Waals surface area (Å²) in [5, 5.41) is -0.168. The molecule has 1 aromatic heterocycles. The van der Waals surface area contributed by atoms with Gasteiger partial charge in [0.1, 0.15) is 11.4 Å². The summed E-state index contributed by atoms with van der Waals surface area (Å²) >= 11 is 7.64. The van der Waals surface area contributed by atoms with Gasteiger partial charge in [-0.2, -0.15) is 18.2 Å². The Morgan fingerprint density at radius 3 is 2.41 bits per heavy atom. The van der Waals surface area contributed by atoms with E-state index in [4.69, 9.17) is 21.1 Å². The highest BCUT2D eigenvalue weighted by Gasteiger charge is 2.48. The molecule has 41 heavy (non-hydrogen) atoms. The van der Waals surface area contributed by atoms with Gasteiger partial charge in [0.05, 0.1) is 57.9 Å². The first-order chi connectivity index (χ1) is 19.1. The fraction of sp³-hybridized carbons (Fsp3) is 0.667. The summed E-state index contributed by atoms with van der Waals surface area (Å²) in [5.74, 6) is 0.575. The summed E-state index contributed by atoms with van der Waals surface area (Å²) < 4.78 is 55.2. The van der Waals surface area contributed by atoms with Crippen LogP contribution in [0.5, 0.6) is 0 Å². The number of hydrogen-bond donors (Lipinski definition) is 0. The zero-order valence-electron chi connectivity index (χ0n) is 23.5. The van der Waals surface area contributed by atoms with Gasteiger partial charge in [-0.05, 0) is 40.7 Å². The fourth-order valence-corrected chi connectivity index (χ4v) is 7.96. The molecule has 0 bridgehead atoms. The summed E-state index contributed by atoms with van der Waals surface area (Å²) in [6, 6.07) is 0.374. The number of aromatic nitrogens is 2. The predicted molar refractivity (Wildman–Crippen MR) is 150 cm³/mol. The summed E-state index contributed by atoms with van der Waals surface area (Å²) in [6.07, 6.45) is -4.93. The molecule has 14 heteroatoms. The molecule has 4 aliphatic heterocycles. The van der Waals surface area contributed by atoms with E-state index in [0.717, 1.165) is 12.6 Å². The first kappa shape index (κ1) is 28.9. The zero-order valence-corrected chi connectivity index (χ0v) is 25.1. The molecule has 0 N–H and O–H groups in total. The van der Waals surface area contributed by atoms with Crippen LogP contribution in [0.2, 0.25) is 5.02 Å². The summed E-state index contributed by atoms with van der Waals surface area (Å²) in [6.45, 7) is 11.6. The van der Waals surface area contributed by atoms with E-state index in [-0.39, 0.29) is 53.4 Å². The number of halogens is 4. The average molecular weight is 616 g/mol. The topological polar surface area (TPSA) is 80.1 Å². The molecule has 4 aliphatic rings. The second kappa shape index (κ2) is 9.92. The minimum atomic E-state index is -4.69. The number of ether oxygens (including phenoxy) is 2. The smallest absolute Gasteiger partial charge is 0.417 e. The quantitative estimate of drug-likeness (QED) is 0.495. The Hall–Kier alpha value is -2.22. The number of carbonyl (C=O) groups is 1. The van der Waals surface area contributed by atoms with Crippen LogP contribution in [0, 0.1) is 0 Å². The third-order valence-electron chi connectivity index (χ3n) is 8.24. The van der Waals surface area contributed by atoms with Gasteiger partial charge in [-0.25, -0.2) is 9.59 Å². The SMILES string of the molecule is C[C@@H]1CN(c2nc(=O)n3c4c(c(Cl)c(C(F)(F)F)cc24)SC[C@@H]3CN2CC3OC[C@H]32)C[C@H](C)N1C(=O)OC(C)(C)C. The summed E-state index contributed by atoms with van der Waals surface area (Å²) in [7, 11) is 0. The van der Waals surface area contributed by atoms with Crippen molar-refractivity contribution in [3.8, 4) is 0 Å². The molecule has 1 amide bonds. The highest BCUT2D eigenvalue weighted by molar-refractivity contribution is 7.99. The molecule has 3 fully saturated rings. The van der Waals surface area contributed by atoms with Crippen LogP contribution >= 0.6 is 23.4 Å². The maximum Gasteiger partial charge on any atom is 0.417 e. The fourth-order valence-electron chi connectivity index (χ4n) is 6.35. The number of likely N-dealkylation sites (tertiary alicyclic amines) is 1. The van der Waals surface area contributed by atoms with Gasteiger partial charge >= 0.3 is 18.0 Å². The van der Waals surface area contributed by atoms with Crippen LogP contribution in [0.3, 0.4) is 0 Å². The first-order valence-corrected chi connectivity index (χ1v) is 15.1. The average Bonchev–Trinajstić information content (AvgIpc) is 2.83. The number of piperazine rings is 1. The van der Waals surface area contributed by atoms with Crippen LogP contribution < -0.4 is 10.6 Å². The molecular weight excluding hydrogens is 583 g/mol. The van der Waals surface area contributed by atoms with E-state index >= 15 is 0 Å². The van der Waals surface area contributed by atoms with Gasteiger partial charge in [0, 0.05) is 37.3 Å². The van der Waals surface area contributed by atoms with Crippen molar-refractivity contribution in [2.24, 2.45) is 0 Å². The molecule has 0 radical (unpaired) electrons. The van der Waals surface area contributed by atoms with Crippen molar-refractivity contribution < 1.29 is 27.4 Å². The highest BCUT2D eigenvalue weighted by atomic mass is 35.5. The monoisotopic (exact) mass is 615 g/mol. The number of amides is 1. The molecule has 6 rings (SSSR count). The zero-order chi connectivity index (χ0) is 29.6. The summed E-state index contributed by atoms with van der Waals surface area (Å²) in [5.41, 5.74) is -1.77. The number of nitrogens with zero attached hydrogens (tertiary/aromatic N) is 5. The number of carbonyl (C=O) groups excluding carboxylic acids is 1. The molecule has 1 aromatic carbocycles. The second-order valence-corrected chi connectivity index (χ2v) is 13.8. The molecule has 5 heterocycles. The molecule has 9 nitrogen and oxygen atoms in total. The number of anilines is 1. The standard InChI is InChI=1S/C27H33ClF3N5O4S/c1-13-7-34(8-14(2)35(13)25(38)40-26(3,4)5)23-16-6-17(27(29,30)31)20(28)22-21(16)36(24(37)32-23)15(12-41-22)9-33-10-19-18(33)11-39-19/h6,13-15,18-19H,7-12H2,1-5H3/t13-,14+,15-,18+,19?/m0/s1. The number of alkyl halides is 3. The van der Waals surface area contributed by atoms with E-state index in [1.165, 1.54) is 16.3 Å². The molecule has 2 aromatic rings. The van der Waals surface area contributed by atoms with Crippen molar-refractivity contribution in [3.63, 3.8) is 0 Å². The Bertz CT molecular complexity index is 1450. The van der Waals surface area contributed by atoms with Crippen molar-refractivity contribution in [2.75, 3.05) is 43.4 Å². The van der Waals surface area contributed by atoms with Gasteiger partial charge in [0.2, 0.25) is 0 Å². The van der Waals surface area contributed by atoms with Crippen molar-refractivity contribution >= 4 is 46.2 Å². The van der Waals surface area contributed by atoms with E-state index in [1.807, 2.05) is 13.8 Å². The molecule has 1 unspecified atom stereocenters. The Kier molecular flexibility index (Phi) is 6.99. The third-order valence-corrected chi connectivity index (χ3v) is 9.98. The first-order valence-electron chi connectivity index (χ1n) is 13.7. The Morgan fingerprint density at radius 1 is 1.20 bits per heavy atom. The van der Waals surface area contributed by atoms with Crippen LogP contribution in [-0.4, -0.2) is 93.8 Å². The Morgan fingerprint density at radius 2 is 1.88 bits per heavy atom. The lowest BCUT2D eigenvalue weighted by Gasteiger charge is -2.55. The van der Waals surface area contributed by atoms with Gasteiger partial charge in [-0.1, -0.05) is 11.6 Å². The maximum absolute atomic E-state index is 14.2. The van der Waals surface area contributed by atoms with Crippen molar-refractivity contribution in [1.82, 2.24) is 19.4 Å². The second-order valence-electron chi connectivity index (χ2n) is 12.4. The lowest BCUT2D eigenvalue weighted by molar-refractivity contribution is -0.216. The van der Waals surface area contributed by atoms with E-state index in [1.54, 1.807) is 30.6 Å². The van der Waals surface area contributed by atoms with Gasteiger partial charge < -0.3 is 14.4 Å². The highest BCUT2D eigenvalue weighted by Crippen LogP contribution is 2.48. The Labute approximate surface area is 244 Å². The molecule has 5 atom stereocenters. The number of hydrogen-bond acceptors (Lipinski definition) is 8. The molecule has 0 aliphatic carbocycles. The molecule has 224 valence electrons. The Balaban J connectivity index is 1.42. The molecule has 0 saturated carbocycles. The van der Waals surface area contributed by atoms with Crippen LogP contribution in [-0.2, 0) is 15.7 Å². The van der Waals surface area contributed by atoms with E-state index in [0.29, 0.717) is 30.5 Å². The van der Waals surface area contributed by atoms with E-state index < -0.39 is 34.1 Å². The molecule has 0 spiro atoms. The third kappa shape index (κ3) is 4.96. The van der Waals surface area contributed by atoms with Crippen molar-refractivity contribution in [1.29, 1.82) is 0 Å². The molecular formula is C27H33ClF3N5O4S. The summed E-state index contributed by atoms with van der Waals surface area (Å²) in [4.78, 5) is 37.0. The molecule has 3 saturated heterocycles. The van der Waals surface area contributed by atoms with Crippen molar-refractivity contribution in [2.45, 2.75) is 81.6 Å². The van der Waals surface area contributed by atoms with Crippen LogP contribution in [0.1, 0.15) is 46.2 Å².